The minimum absolute atomic E-state index is 0.0663. The van der Waals surface area contributed by atoms with E-state index < -0.39 is 5.82 Å². The molecule has 21 heavy (non-hydrogen) atoms. The minimum Gasteiger partial charge on any atom is -0.496 e. The molecule has 3 aromatic carbocycles. The van der Waals surface area contributed by atoms with Crippen molar-refractivity contribution in [1.82, 2.24) is 0 Å². The van der Waals surface area contributed by atoms with Gasteiger partial charge >= 0.3 is 0 Å². The van der Waals surface area contributed by atoms with Gasteiger partial charge in [0.2, 0.25) is 0 Å². The summed E-state index contributed by atoms with van der Waals surface area (Å²) in [6.07, 6.45) is 0.519. The first-order chi connectivity index (χ1) is 10.2. The number of ether oxygens (including phenoxy) is 1. The Kier molecular flexibility index (Phi) is 3.40. The molecule has 0 amide bonds. The standard InChI is InChI=1S/C18H13FO2/c1-21-18-9-8-14(15-4-2-3-5-16(15)18)12-6-7-13(11-20)17(19)10-12/h2-11H,1H3. The Hall–Kier alpha value is -2.68. The van der Waals surface area contributed by atoms with Crippen molar-refractivity contribution in [2.75, 3.05) is 7.11 Å². The van der Waals surface area contributed by atoms with E-state index in [-0.39, 0.29) is 5.56 Å². The van der Waals surface area contributed by atoms with E-state index in [1.807, 2.05) is 36.4 Å². The average molecular weight is 280 g/mol. The first kappa shape index (κ1) is 13.3. The van der Waals surface area contributed by atoms with E-state index in [2.05, 4.69) is 0 Å². The van der Waals surface area contributed by atoms with Crippen LogP contribution in [0.3, 0.4) is 0 Å². The molecule has 0 spiro atoms. The molecular weight excluding hydrogens is 267 g/mol. The Morgan fingerprint density at radius 2 is 1.76 bits per heavy atom. The molecule has 0 atom stereocenters. The van der Waals surface area contributed by atoms with E-state index in [4.69, 9.17) is 4.74 Å². The number of methoxy groups -OCH3 is 1. The molecule has 0 aliphatic carbocycles. The maximum atomic E-state index is 13.8. The number of rotatable bonds is 3. The Balaban J connectivity index is 2.26. The number of hydrogen-bond acceptors (Lipinski definition) is 2. The van der Waals surface area contributed by atoms with Gasteiger partial charge in [-0.2, -0.15) is 0 Å². The monoisotopic (exact) mass is 280 g/mol. The Labute approximate surface area is 121 Å². The average Bonchev–Trinajstić information content (AvgIpc) is 2.53. The Morgan fingerprint density at radius 3 is 2.43 bits per heavy atom. The second-order valence-electron chi connectivity index (χ2n) is 4.72. The van der Waals surface area contributed by atoms with Gasteiger partial charge in [0.1, 0.15) is 11.6 Å². The van der Waals surface area contributed by atoms with E-state index in [0.717, 1.165) is 27.6 Å². The Bertz CT molecular complexity index is 825. The van der Waals surface area contributed by atoms with Gasteiger partial charge in [-0.3, -0.25) is 4.79 Å². The summed E-state index contributed by atoms with van der Waals surface area (Å²) in [5, 5.41) is 1.95. The predicted octanol–water partition coefficient (Wildman–Crippen LogP) is 4.47. The van der Waals surface area contributed by atoms with Gasteiger partial charge in [-0.1, -0.05) is 36.4 Å². The van der Waals surface area contributed by atoms with Crippen molar-refractivity contribution in [2.45, 2.75) is 0 Å². The largest absolute Gasteiger partial charge is 0.496 e. The molecule has 3 heteroatoms. The summed E-state index contributed by atoms with van der Waals surface area (Å²) < 4.78 is 19.2. The highest BCUT2D eigenvalue weighted by atomic mass is 19.1. The van der Waals surface area contributed by atoms with Crippen LogP contribution in [-0.2, 0) is 0 Å². The number of hydrogen-bond donors (Lipinski definition) is 0. The van der Waals surface area contributed by atoms with Crippen LogP contribution in [0.25, 0.3) is 21.9 Å². The zero-order valence-electron chi connectivity index (χ0n) is 11.5. The second-order valence-corrected chi connectivity index (χ2v) is 4.72. The maximum Gasteiger partial charge on any atom is 0.152 e. The number of benzene rings is 3. The van der Waals surface area contributed by atoms with Crippen LogP contribution < -0.4 is 4.74 Å². The van der Waals surface area contributed by atoms with Crippen molar-refractivity contribution in [3.63, 3.8) is 0 Å². The second kappa shape index (κ2) is 5.37. The van der Waals surface area contributed by atoms with Crippen LogP contribution in [0.2, 0.25) is 0 Å². The summed E-state index contributed by atoms with van der Waals surface area (Å²) in [6.45, 7) is 0. The van der Waals surface area contributed by atoms with Gasteiger partial charge in [-0.05, 0) is 34.7 Å². The van der Waals surface area contributed by atoms with E-state index in [1.165, 1.54) is 12.1 Å². The normalized spacial score (nSPS) is 10.6. The lowest BCUT2D eigenvalue weighted by atomic mass is 9.97. The van der Waals surface area contributed by atoms with Gasteiger partial charge in [-0.25, -0.2) is 4.39 Å². The third kappa shape index (κ3) is 2.27. The van der Waals surface area contributed by atoms with E-state index in [0.29, 0.717) is 6.29 Å². The van der Waals surface area contributed by atoms with Crippen molar-refractivity contribution >= 4 is 17.1 Å². The Morgan fingerprint density at radius 1 is 1.00 bits per heavy atom. The maximum absolute atomic E-state index is 13.8. The number of carbonyl (C=O) groups is 1. The molecule has 0 bridgehead atoms. The van der Waals surface area contributed by atoms with Crippen molar-refractivity contribution in [3.05, 3.63) is 66.0 Å². The smallest absolute Gasteiger partial charge is 0.152 e. The van der Waals surface area contributed by atoms with Gasteiger partial charge in [-0.15, -0.1) is 0 Å². The van der Waals surface area contributed by atoms with Crippen LogP contribution in [0.1, 0.15) is 10.4 Å². The number of carbonyl (C=O) groups excluding carboxylic acids is 1. The van der Waals surface area contributed by atoms with Crippen LogP contribution >= 0.6 is 0 Å². The van der Waals surface area contributed by atoms with Crippen molar-refractivity contribution in [3.8, 4) is 16.9 Å². The highest BCUT2D eigenvalue weighted by Gasteiger charge is 2.10. The molecule has 0 saturated heterocycles. The van der Waals surface area contributed by atoms with Crippen molar-refractivity contribution in [2.24, 2.45) is 0 Å². The SMILES string of the molecule is COc1ccc(-c2ccc(C=O)c(F)c2)c2ccccc12. The van der Waals surface area contributed by atoms with E-state index in [9.17, 15) is 9.18 Å². The zero-order valence-corrected chi connectivity index (χ0v) is 11.5. The molecule has 0 aromatic heterocycles. The molecule has 3 rings (SSSR count). The molecule has 3 aromatic rings. The summed E-state index contributed by atoms with van der Waals surface area (Å²) in [4.78, 5) is 10.7. The quantitative estimate of drug-likeness (QED) is 0.662. The molecule has 0 aliphatic heterocycles. The first-order valence-corrected chi connectivity index (χ1v) is 6.55. The van der Waals surface area contributed by atoms with Gasteiger partial charge < -0.3 is 4.74 Å². The molecular formula is C18H13FO2. The van der Waals surface area contributed by atoms with Crippen LogP contribution in [0.5, 0.6) is 5.75 Å². The third-order valence-corrected chi connectivity index (χ3v) is 3.54. The fraction of sp³-hybridized carbons (Fsp3) is 0.0556. The highest BCUT2D eigenvalue weighted by Crippen LogP contribution is 2.34. The van der Waals surface area contributed by atoms with Crippen LogP contribution in [0.4, 0.5) is 4.39 Å². The zero-order chi connectivity index (χ0) is 14.8. The van der Waals surface area contributed by atoms with Gasteiger partial charge in [0, 0.05) is 5.39 Å². The summed E-state index contributed by atoms with van der Waals surface area (Å²) in [5.74, 6) is 0.265. The number of halogens is 1. The topological polar surface area (TPSA) is 26.3 Å². The highest BCUT2D eigenvalue weighted by molar-refractivity contribution is 6.00. The van der Waals surface area contributed by atoms with E-state index in [1.54, 1.807) is 13.2 Å². The van der Waals surface area contributed by atoms with Gasteiger partial charge in [0.25, 0.3) is 0 Å². The molecule has 0 unspecified atom stereocenters. The number of aldehydes is 1. The van der Waals surface area contributed by atoms with Crippen LogP contribution in [0, 0.1) is 5.82 Å². The lowest BCUT2D eigenvalue weighted by molar-refractivity contribution is 0.112. The van der Waals surface area contributed by atoms with Gasteiger partial charge in [0.05, 0.1) is 12.7 Å². The van der Waals surface area contributed by atoms with Crippen molar-refractivity contribution < 1.29 is 13.9 Å². The van der Waals surface area contributed by atoms with Crippen LogP contribution in [-0.4, -0.2) is 13.4 Å². The minimum atomic E-state index is -0.512. The summed E-state index contributed by atoms with van der Waals surface area (Å²) in [5.41, 5.74) is 1.70. The molecule has 0 saturated carbocycles. The molecule has 0 aliphatic rings. The summed E-state index contributed by atoms with van der Waals surface area (Å²) in [7, 11) is 1.62. The summed E-state index contributed by atoms with van der Waals surface area (Å²) >= 11 is 0. The molecule has 104 valence electrons. The van der Waals surface area contributed by atoms with E-state index >= 15 is 0 Å². The van der Waals surface area contributed by atoms with Crippen LogP contribution in [0.15, 0.2) is 54.6 Å². The third-order valence-electron chi connectivity index (χ3n) is 3.54. The lowest BCUT2D eigenvalue weighted by Crippen LogP contribution is -1.91. The molecule has 0 heterocycles. The van der Waals surface area contributed by atoms with Crippen molar-refractivity contribution in [1.29, 1.82) is 0 Å². The number of fused-ring (bicyclic) bond motifs is 1. The molecule has 2 nitrogen and oxygen atoms in total. The van der Waals surface area contributed by atoms with Gasteiger partial charge in [0.15, 0.2) is 6.29 Å². The molecule has 0 fully saturated rings. The fourth-order valence-electron chi connectivity index (χ4n) is 2.49. The predicted molar refractivity (Wildman–Crippen MR) is 81.3 cm³/mol. The summed E-state index contributed by atoms with van der Waals surface area (Å²) in [6, 6.07) is 16.2. The first-order valence-electron chi connectivity index (χ1n) is 6.55. The molecule has 0 radical (unpaired) electrons. The fourth-order valence-corrected chi connectivity index (χ4v) is 2.49. The molecule has 0 N–H and O–H groups in total. The lowest BCUT2D eigenvalue weighted by Gasteiger charge is -2.11.